The maximum Gasteiger partial charge on any atom is 1.00 e. The standard InChI is InChI=1S/C23H40O3S.Na/c1-2-3-4-5-6-7-8-9-10-11-12-13-14-15-16-18-22-19-17-20-23(21-22)27(24,25)26;/h17,19-21H,2-16,18H2,1H3,(H,24,25,26);/q;+1/p-1. The molecule has 0 heterocycles. The largest absolute Gasteiger partial charge is 1.00 e. The summed E-state index contributed by atoms with van der Waals surface area (Å²) in [5.41, 5.74) is 0.946. The summed E-state index contributed by atoms with van der Waals surface area (Å²) in [6.45, 7) is 2.27. The zero-order valence-electron chi connectivity index (χ0n) is 18.3. The van der Waals surface area contributed by atoms with E-state index in [1.807, 2.05) is 6.07 Å². The first-order valence-electron chi connectivity index (χ1n) is 11.1. The van der Waals surface area contributed by atoms with Gasteiger partial charge in [0.05, 0.1) is 4.90 Å². The summed E-state index contributed by atoms with van der Waals surface area (Å²) in [5.74, 6) is 0. The zero-order valence-corrected chi connectivity index (χ0v) is 21.1. The Hall–Kier alpha value is 0.130. The van der Waals surface area contributed by atoms with Crippen LogP contribution in [0.15, 0.2) is 29.2 Å². The number of rotatable bonds is 17. The van der Waals surface area contributed by atoms with Crippen LogP contribution in [0.5, 0.6) is 0 Å². The van der Waals surface area contributed by atoms with Crippen molar-refractivity contribution < 1.29 is 42.5 Å². The molecule has 0 spiro atoms. The third kappa shape index (κ3) is 15.0. The van der Waals surface area contributed by atoms with Crippen molar-refractivity contribution in [3.63, 3.8) is 0 Å². The van der Waals surface area contributed by atoms with Gasteiger partial charge < -0.3 is 4.55 Å². The Morgan fingerprint density at radius 1 is 0.714 bits per heavy atom. The Bertz CT molecular complexity index is 587. The molecule has 0 radical (unpaired) electrons. The number of hydrogen-bond donors (Lipinski definition) is 0. The summed E-state index contributed by atoms with van der Waals surface area (Å²) in [6.07, 6.45) is 20.9. The number of hydrogen-bond acceptors (Lipinski definition) is 3. The second-order valence-electron chi connectivity index (χ2n) is 7.80. The SMILES string of the molecule is CCCCCCCCCCCCCCCCCc1cccc(S(=O)(=O)[O-])c1.[Na+]. The second-order valence-corrected chi connectivity index (χ2v) is 9.18. The molecule has 0 aliphatic rings. The Morgan fingerprint density at radius 3 is 1.57 bits per heavy atom. The van der Waals surface area contributed by atoms with E-state index in [0.717, 1.165) is 18.4 Å². The minimum Gasteiger partial charge on any atom is -0.744 e. The van der Waals surface area contributed by atoms with Crippen molar-refractivity contribution >= 4 is 10.1 Å². The Morgan fingerprint density at radius 2 is 1.14 bits per heavy atom. The van der Waals surface area contributed by atoms with Crippen molar-refractivity contribution in [3.05, 3.63) is 29.8 Å². The average Bonchev–Trinajstić information content (AvgIpc) is 2.64. The van der Waals surface area contributed by atoms with E-state index in [2.05, 4.69) is 6.92 Å². The first-order chi connectivity index (χ1) is 13.0. The van der Waals surface area contributed by atoms with Crippen LogP contribution in [-0.2, 0) is 16.5 Å². The van der Waals surface area contributed by atoms with E-state index in [9.17, 15) is 13.0 Å². The van der Waals surface area contributed by atoms with E-state index < -0.39 is 10.1 Å². The van der Waals surface area contributed by atoms with Crippen LogP contribution in [0.3, 0.4) is 0 Å². The van der Waals surface area contributed by atoms with Gasteiger partial charge in [-0.3, -0.25) is 0 Å². The first kappa shape index (κ1) is 28.1. The fraction of sp³-hybridized carbons (Fsp3) is 0.739. The number of aryl methyl sites for hydroxylation is 1. The van der Waals surface area contributed by atoms with Gasteiger partial charge >= 0.3 is 29.6 Å². The van der Waals surface area contributed by atoms with Crippen molar-refractivity contribution in [3.8, 4) is 0 Å². The van der Waals surface area contributed by atoms with E-state index in [-0.39, 0.29) is 34.5 Å². The third-order valence-corrected chi connectivity index (χ3v) is 6.09. The van der Waals surface area contributed by atoms with Crippen LogP contribution in [0.1, 0.15) is 109 Å². The molecule has 0 aliphatic heterocycles. The van der Waals surface area contributed by atoms with Crippen molar-refractivity contribution in [1.29, 1.82) is 0 Å². The van der Waals surface area contributed by atoms with E-state index in [0.29, 0.717) is 0 Å². The first-order valence-corrected chi connectivity index (χ1v) is 12.5. The summed E-state index contributed by atoms with van der Waals surface area (Å²) in [4.78, 5) is -0.110. The molecule has 0 unspecified atom stereocenters. The molecule has 0 N–H and O–H groups in total. The summed E-state index contributed by atoms with van der Waals surface area (Å²) in [5, 5.41) is 0. The predicted octanol–water partition coefficient (Wildman–Crippen LogP) is 4.01. The predicted molar refractivity (Wildman–Crippen MR) is 113 cm³/mol. The van der Waals surface area contributed by atoms with Crippen LogP contribution >= 0.6 is 0 Å². The van der Waals surface area contributed by atoms with Gasteiger partial charge in [0.25, 0.3) is 0 Å². The number of unbranched alkanes of at least 4 members (excludes halogenated alkanes) is 14. The van der Waals surface area contributed by atoms with Gasteiger partial charge in [-0.1, -0.05) is 109 Å². The fourth-order valence-electron chi connectivity index (χ4n) is 3.56. The molecule has 5 heteroatoms. The molecule has 0 atom stereocenters. The summed E-state index contributed by atoms with van der Waals surface area (Å²) in [6, 6.07) is 6.45. The third-order valence-electron chi connectivity index (χ3n) is 5.26. The molecule has 156 valence electrons. The van der Waals surface area contributed by atoms with Gasteiger partial charge in [-0.25, -0.2) is 8.42 Å². The minimum absolute atomic E-state index is 0. The molecule has 0 saturated heterocycles. The van der Waals surface area contributed by atoms with Gasteiger partial charge in [0.15, 0.2) is 0 Å². The quantitative estimate of drug-likeness (QED) is 0.218. The molecule has 0 fully saturated rings. The van der Waals surface area contributed by atoms with Crippen LogP contribution in [0.4, 0.5) is 0 Å². The Kier molecular flexibility index (Phi) is 18.0. The van der Waals surface area contributed by atoms with Gasteiger partial charge in [-0.15, -0.1) is 0 Å². The van der Waals surface area contributed by atoms with E-state index >= 15 is 0 Å². The maximum atomic E-state index is 11.0. The van der Waals surface area contributed by atoms with Crippen molar-refractivity contribution in [1.82, 2.24) is 0 Å². The van der Waals surface area contributed by atoms with Crippen LogP contribution in [0.25, 0.3) is 0 Å². The molecule has 0 aromatic heterocycles. The molecule has 1 rings (SSSR count). The van der Waals surface area contributed by atoms with Gasteiger partial charge in [0.2, 0.25) is 0 Å². The van der Waals surface area contributed by atoms with E-state index in [4.69, 9.17) is 0 Å². The van der Waals surface area contributed by atoms with Crippen molar-refractivity contribution in [2.45, 2.75) is 115 Å². The molecule has 1 aromatic rings. The van der Waals surface area contributed by atoms with Gasteiger partial charge in [0, 0.05) is 0 Å². The summed E-state index contributed by atoms with van der Waals surface area (Å²) < 4.78 is 33.1. The maximum absolute atomic E-state index is 11.0. The van der Waals surface area contributed by atoms with Crippen LogP contribution in [0, 0.1) is 0 Å². The second kappa shape index (κ2) is 17.9. The van der Waals surface area contributed by atoms with Crippen LogP contribution in [0.2, 0.25) is 0 Å². The van der Waals surface area contributed by atoms with E-state index in [1.54, 1.807) is 6.07 Å². The molecule has 1 aromatic carbocycles. The topological polar surface area (TPSA) is 57.2 Å². The molecule has 28 heavy (non-hydrogen) atoms. The molecular weight excluding hydrogens is 379 g/mol. The smallest absolute Gasteiger partial charge is 0.744 e. The zero-order chi connectivity index (χ0) is 19.8. The van der Waals surface area contributed by atoms with Gasteiger partial charge in [-0.05, 0) is 30.5 Å². The van der Waals surface area contributed by atoms with E-state index in [1.165, 1.54) is 102 Å². The van der Waals surface area contributed by atoms with Gasteiger partial charge in [-0.2, -0.15) is 0 Å². The number of benzene rings is 1. The van der Waals surface area contributed by atoms with Crippen molar-refractivity contribution in [2.24, 2.45) is 0 Å². The fourth-order valence-corrected chi connectivity index (χ4v) is 4.10. The van der Waals surface area contributed by atoms with Gasteiger partial charge in [0.1, 0.15) is 10.1 Å². The van der Waals surface area contributed by atoms with Crippen LogP contribution in [-0.4, -0.2) is 13.0 Å². The molecule has 3 nitrogen and oxygen atoms in total. The molecule has 0 amide bonds. The molecule has 0 saturated carbocycles. The minimum atomic E-state index is -4.34. The molecule has 0 bridgehead atoms. The Balaban J connectivity index is 0.00000729. The molecular formula is C23H39NaO3S. The summed E-state index contributed by atoms with van der Waals surface area (Å²) >= 11 is 0. The average molecular weight is 419 g/mol. The van der Waals surface area contributed by atoms with Crippen LogP contribution < -0.4 is 29.6 Å². The molecule has 0 aliphatic carbocycles. The summed E-state index contributed by atoms with van der Waals surface area (Å²) in [7, 11) is -4.34. The normalized spacial score (nSPS) is 11.4. The van der Waals surface area contributed by atoms with Crippen molar-refractivity contribution in [2.75, 3.05) is 0 Å². The monoisotopic (exact) mass is 418 g/mol. The Labute approximate surface area is 196 Å².